The van der Waals surface area contributed by atoms with Gasteiger partial charge in [0, 0.05) is 46.3 Å². The van der Waals surface area contributed by atoms with E-state index in [4.69, 9.17) is 9.90 Å². The Morgan fingerprint density at radius 3 is 2.44 bits per heavy atom. The van der Waals surface area contributed by atoms with Crippen molar-refractivity contribution in [3.05, 3.63) is 32.6 Å². The lowest BCUT2D eigenvalue weighted by molar-refractivity contribution is -0.122. The maximum absolute atomic E-state index is 12.4. The SMILES string of the molecule is CN(C)S(=O)(=O)C[C@@H]1CN(C(=O)c2cn(C)c(=O)[nH]c2=O)C[C@@H]1O.O=CO. The number of H-pyrrole nitrogens is 1. The van der Waals surface area contributed by atoms with Crippen LogP contribution in [0.4, 0.5) is 0 Å². The van der Waals surface area contributed by atoms with E-state index in [0.29, 0.717) is 0 Å². The molecule has 1 aromatic heterocycles. The molecule has 0 aromatic carbocycles. The van der Waals surface area contributed by atoms with Crippen LogP contribution in [-0.2, 0) is 21.9 Å². The first kappa shape index (κ1) is 22.5. The van der Waals surface area contributed by atoms with Crippen LogP contribution < -0.4 is 11.2 Å². The van der Waals surface area contributed by atoms with Crippen molar-refractivity contribution in [1.29, 1.82) is 0 Å². The monoisotopic (exact) mass is 406 g/mol. The third-order valence-corrected chi connectivity index (χ3v) is 5.98. The van der Waals surface area contributed by atoms with Gasteiger partial charge in [-0.05, 0) is 0 Å². The lowest BCUT2D eigenvalue weighted by atomic mass is 10.1. The van der Waals surface area contributed by atoms with E-state index in [9.17, 15) is 27.9 Å². The summed E-state index contributed by atoms with van der Waals surface area (Å²) in [5.74, 6) is -1.60. The first-order valence-corrected chi connectivity index (χ1v) is 9.30. The number of rotatable bonds is 4. The highest BCUT2D eigenvalue weighted by atomic mass is 32.2. The number of sulfonamides is 1. The summed E-state index contributed by atoms with van der Waals surface area (Å²) >= 11 is 0. The van der Waals surface area contributed by atoms with E-state index < -0.39 is 39.2 Å². The normalized spacial score (nSPS) is 19.5. The van der Waals surface area contributed by atoms with E-state index in [1.807, 2.05) is 4.98 Å². The number of hydrogen-bond acceptors (Lipinski definition) is 7. The van der Waals surface area contributed by atoms with E-state index in [1.165, 1.54) is 26.0 Å². The Bertz CT molecular complexity index is 904. The summed E-state index contributed by atoms with van der Waals surface area (Å²) in [7, 11) is 0.647. The van der Waals surface area contributed by atoms with Crippen LogP contribution in [0.3, 0.4) is 0 Å². The summed E-state index contributed by atoms with van der Waals surface area (Å²) < 4.78 is 26.0. The molecule has 0 saturated carbocycles. The fraction of sp³-hybridized carbons (Fsp3) is 0.571. The summed E-state index contributed by atoms with van der Waals surface area (Å²) in [4.78, 5) is 47.2. The highest BCUT2D eigenvalue weighted by Crippen LogP contribution is 2.21. The van der Waals surface area contributed by atoms with Gasteiger partial charge in [0.2, 0.25) is 10.0 Å². The molecule has 1 aliphatic rings. The van der Waals surface area contributed by atoms with Crippen molar-refractivity contribution in [2.45, 2.75) is 6.10 Å². The number of hydrogen-bond donors (Lipinski definition) is 3. The number of carboxylic acid groups (broad SMARTS) is 1. The molecule has 0 aliphatic carbocycles. The van der Waals surface area contributed by atoms with Crippen LogP contribution in [0, 0.1) is 5.92 Å². The second kappa shape index (κ2) is 8.92. The summed E-state index contributed by atoms with van der Waals surface area (Å²) in [6.45, 7) is -0.315. The quantitative estimate of drug-likeness (QED) is 0.447. The Labute approximate surface area is 154 Å². The van der Waals surface area contributed by atoms with Gasteiger partial charge in [0.1, 0.15) is 5.56 Å². The molecule has 1 amide bonds. The first-order valence-electron chi connectivity index (χ1n) is 7.70. The molecule has 2 atom stereocenters. The predicted molar refractivity (Wildman–Crippen MR) is 93.9 cm³/mol. The third kappa shape index (κ3) is 5.48. The van der Waals surface area contributed by atoms with E-state index in [1.54, 1.807) is 0 Å². The zero-order valence-corrected chi connectivity index (χ0v) is 15.8. The van der Waals surface area contributed by atoms with Crippen LogP contribution in [0.2, 0.25) is 0 Å². The van der Waals surface area contributed by atoms with Crippen molar-refractivity contribution in [2.75, 3.05) is 32.9 Å². The van der Waals surface area contributed by atoms with Crippen LogP contribution in [-0.4, -0.2) is 88.8 Å². The zero-order valence-electron chi connectivity index (χ0n) is 15.0. The summed E-state index contributed by atoms with van der Waals surface area (Å²) in [6.07, 6.45) is 0.120. The topological polar surface area (TPSA) is 170 Å². The molecule has 2 heterocycles. The lowest BCUT2D eigenvalue weighted by Crippen LogP contribution is -2.38. The van der Waals surface area contributed by atoms with Gasteiger partial charge in [-0.15, -0.1) is 0 Å². The number of nitrogens with zero attached hydrogens (tertiary/aromatic N) is 3. The molecule has 0 unspecified atom stereocenters. The second-order valence-corrected chi connectivity index (χ2v) is 8.34. The van der Waals surface area contributed by atoms with E-state index in [-0.39, 0.29) is 30.9 Å². The fourth-order valence-electron chi connectivity index (χ4n) is 2.49. The molecular weight excluding hydrogens is 384 g/mol. The molecule has 2 rings (SSSR count). The third-order valence-electron chi connectivity index (χ3n) is 4.01. The Morgan fingerprint density at radius 1 is 1.37 bits per heavy atom. The number of amides is 1. The number of nitrogens with one attached hydrogen (secondary N) is 1. The van der Waals surface area contributed by atoms with Crippen LogP contribution >= 0.6 is 0 Å². The molecule has 1 saturated heterocycles. The van der Waals surface area contributed by atoms with Gasteiger partial charge in [0.15, 0.2) is 0 Å². The summed E-state index contributed by atoms with van der Waals surface area (Å²) in [6, 6.07) is 0. The van der Waals surface area contributed by atoms with Gasteiger partial charge in [-0.2, -0.15) is 0 Å². The van der Waals surface area contributed by atoms with Gasteiger partial charge in [-0.1, -0.05) is 0 Å². The summed E-state index contributed by atoms with van der Waals surface area (Å²) in [5, 5.41) is 16.9. The van der Waals surface area contributed by atoms with E-state index in [2.05, 4.69) is 0 Å². The Balaban J connectivity index is 0.00000114. The van der Waals surface area contributed by atoms with Gasteiger partial charge >= 0.3 is 5.69 Å². The van der Waals surface area contributed by atoms with E-state index >= 15 is 0 Å². The van der Waals surface area contributed by atoms with Gasteiger partial charge in [0.05, 0.1) is 11.9 Å². The molecule has 13 heteroatoms. The highest BCUT2D eigenvalue weighted by molar-refractivity contribution is 7.89. The van der Waals surface area contributed by atoms with Gasteiger partial charge < -0.3 is 19.7 Å². The molecular formula is C14H22N4O8S. The van der Waals surface area contributed by atoms with Crippen molar-refractivity contribution >= 4 is 22.4 Å². The number of likely N-dealkylation sites (tertiary alicyclic amines) is 1. The smallest absolute Gasteiger partial charge is 0.328 e. The molecule has 152 valence electrons. The maximum atomic E-state index is 12.4. The number of aliphatic hydroxyl groups excluding tert-OH is 1. The molecule has 1 aliphatic heterocycles. The molecule has 1 aromatic rings. The number of carbonyl (C=O) groups is 2. The van der Waals surface area contributed by atoms with Crippen LogP contribution in [0.1, 0.15) is 10.4 Å². The standard InChI is InChI=1S/C13H20N4O6S.CH2O2/c1-15(2)24(22,23)7-8-4-17(6-10(8)18)12(20)9-5-16(3)13(21)14-11(9)19;2-1-3/h5,8,10,18H,4,6-7H2,1-3H3,(H,14,19,21);1H,(H,2,3)/t8-,10-;/m0./s1. The average molecular weight is 406 g/mol. The van der Waals surface area contributed by atoms with Gasteiger partial charge in [0.25, 0.3) is 17.9 Å². The average Bonchev–Trinajstić information content (AvgIpc) is 2.91. The lowest BCUT2D eigenvalue weighted by Gasteiger charge is -2.18. The second-order valence-electron chi connectivity index (χ2n) is 6.12. The molecule has 1 fully saturated rings. The van der Waals surface area contributed by atoms with Crippen LogP contribution in [0.25, 0.3) is 0 Å². The highest BCUT2D eigenvalue weighted by Gasteiger charge is 2.38. The molecule has 0 spiro atoms. The Kier molecular flexibility index (Phi) is 7.45. The number of aliphatic hydroxyl groups is 1. The van der Waals surface area contributed by atoms with Crippen molar-refractivity contribution < 1.29 is 28.2 Å². The largest absolute Gasteiger partial charge is 0.483 e. The van der Waals surface area contributed by atoms with Crippen LogP contribution in [0.5, 0.6) is 0 Å². The Morgan fingerprint density at radius 2 is 1.93 bits per heavy atom. The van der Waals surface area contributed by atoms with Gasteiger partial charge in [-0.3, -0.25) is 19.4 Å². The van der Waals surface area contributed by atoms with Crippen molar-refractivity contribution in [3.63, 3.8) is 0 Å². The van der Waals surface area contributed by atoms with Crippen molar-refractivity contribution in [1.82, 2.24) is 18.8 Å². The maximum Gasteiger partial charge on any atom is 0.328 e. The minimum Gasteiger partial charge on any atom is -0.483 e. The molecule has 12 nitrogen and oxygen atoms in total. The van der Waals surface area contributed by atoms with Crippen LogP contribution in [0.15, 0.2) is 15.8 Å². The molecule has 0 radical (unpaired) electrons. The Hall–Kier alpha value is -2.51. The molecule has 27 heavy (non-hydrogen) atoms. The minimum atomic E-state index is -3.53. The molecule has 0 bridgehead atoms. The van der Waals surface area contributed by atoms with Gasteiger partial charge in [-0.25, -0.2) is 17.5 Å². The number of aryl methyl sites for hydroxylation is 1. The number of aromatic nitrogens is 2. The van der Waals surface area contributed by atoms with E-state index in [0.717, 1.165) is 15.1 Å². The minimum absolute atomic E-state index is 0.00928. The number of β-amino-alcohol motifs (C(OH)–C–C–N with tert-alkyl or cyclic N) is 1. The zero-order chi connectivity index (χ0) is 20.9. The van der Waals surface area contributed by atoms with Crippen molar-refractivity contribution in [3.8, 4) is 0 Å². The number of carbonyl (C=O) groups excluding carboxylic acids is 1. The number of aromatic amines is 1. The first-order chi connectivity index (χ1) is 12.4. The van der Waals surface area contributed by atoms with Crippen molar-refractivity contribution in [2.24, 2.45) is 13.0 Å². The predicted octanol–water partition coefficient (Wildman–Crippen LogP) is -2.90. The summed E-state index contributed by atoms with van der Waals surface area (Å²) in [5.41, 5.74) is -1.70. The molecule has 3 N–H and O–H groups in total. The fourth-order valence-corrected chi connectivity index (χ4v) is 3.66.